The Bertz CT molecular complexity index is 1270. The van der Waals surface area contributed by atoms with Crippen LogP contribution in [0.4, 0.5) is 5.69 Å². The van der Waals surface area contributed by atoms with Gasteiger partial charge in [-0.25, -0.2) is 0 Å². The van der Waals surface area contributed by atoms with E-state index in [-0.39, 0.29) is 28.4 Å². The Kier molecular flexibility index (Phi) is 6.47. The van der Waals surface area contributed by atoms with E-state index < -0.39 is 29.0 Å². The first-order valence-corrected chi connectivity index (χ1v) is 10.1. The number of ether oxygens (including phenoxy) is 1. The smallest absolute Gasteiger partial charge is 0.272 e. The van der Waals surface area contributed by atoms with Crippen molar-refractivity contribution < 1.29 is 14.3 Å². The average molecular weight is 438 g/mol. The van der Waals surface area contributed by atoms with Crippen LogP contribution < -0.4 is 26.5 Å². The molecular formula is C23H26N4O5. The monoisotopic (exact) mass is 438 g/mol. The number of carbonyl (C=O) groups excluding carboxylic acids is 2. The van der Waals surface area contributed by atoms with Gasteiger partial charge >= 0.3 is 0 Å². The Morgan fingerprint density at radius 3 is 2.44 bits per heavy atom. The van der Waals surface area contributed by atoms with Gasteiger partial charge in [0.15, 0.2) is 6.10 Å². The lowest BCUT2D eigenvalue weighted by atomic mass is 9.87. The minimum absolute atomic E-state index is 0.0584. The Balaban J connectivity index is 1.61. The molecule has 2 amide bonds. The number of aromatic amines is 2. The molecule has 168 valence electrons. The van der Waals surface area contributed by atoms with Crippen molar-refractivity contribution in [1.82, 2.24) is 15.5 Å². The summed E-state index contributed by atoms with van der Waals surface area (Å²) in [6, 6.07) is 12.0. The molecule has 4 N–H and O–H groups in total. The maximum atomic E-state index is 12.4. The predicted octanol–water partition coefficient (Wildman–Crippen LogP) is 2.04. The molecule has 3 rings (SSSR count). The lowest BCUT2D eigenvalue weighted by Crippen LogP contribution is -2.40. The van der Waals surface area contributed by atoms with Crippen LogP contribution in [-0.2, 0) is 15.0 Å². The number of H-pyrrole nitrogens is 2. The molecule has 0 aliphatic heterocycles. The van der Waals surface area contributed by atoms with E-state index >= 15 is 0 Å². The molecule has 32 heavy (non-hydrogen) atoms. The number of hydrogen-bond acceptors (Lipinski definition) is 5. The Labute approximate surface area is 184 Å². The SMILES string of the molecule is CC(Oc1cccc(C(C)(C)C)c1)C(=O)NCC(=O)Nc1cccc2c(=O)[nH][nH]c(=O)c12. The molecule has 1 unspecified atom stereocenters. The molecular weight excluding hydrogens is 412 g/mol. The number of fused-ring (bicyclic) bond motifs is 1. The van der Waals surface area contributed by atoms with Gasteiger partial charge in [0.1, 0.15) is 5.75 Å². The Morgan fingerprint density at radius 2 is 1.72 bits per heavy atom. The van der Waals surface area contributed by atoms with Gasteiger partial charge in [0.2, 0.25) is 5.91 Å². The van der Waals surface area contributed by atoms with Gasteiger partial charge in [-0.1, -0.05) is 39.0 Å². The number of carbonyl (C=O) groups is 2. The molecule has 1 atom stereocenters. The van der Waals surface area contributed by atoms with Crippen molar-refractivity contribution in [2.45, 2.75) is 39.2 Å². The van der Waals surface area contributed by atoms with Crippen molar-refractivity contribution in [2.75, 3.05) is 11.9 Å². The molecule has 0 fully saturated rings. The molecule has 0 radical (unpaired) electrons. The topological polar surface area (TPSA) is 133 Å². The highest BCUT2D eigenvalue weighted by atomic mass is 16.5. The third-order valence-corrected chi connectivity index (χ3v) is 4.91. The molecule has 0 bridgehead atoms. The summed E-state index contributed by atoms with van der Waals surface area (Å²) in [5.74, 6) is -0.453. The number of amides is 2. The summed E-state index contributed by atoms with van der Waals surface area (Å²) in [4.78, 5) is 48.7. The minimum atomic E-state index is -0.822. The molecule has 9 heteroatoms. The fourth-order valence-corrected chi connectivity index (χ4v) is 3.13. The van der Waals surface area contributed by atoms with Crippen LogP contribution in [0, 0.1) is 0 Å². The normalized spacial score (nSPS) is 12.2. The molecule has 0 saturated carbocycles. The van der Waals surface area contributed by atoms with Crippen LogP contribution in [0.3, 0.4) is 0 Å². The van der Waals surface area contributed by atoms with Crippen LogP contribution in [0.1, 0.15) is 33.3 Å². The van der Waals surface area contributed by atoms with Crippen LogP contribution >= 0.6 is 0 Å². The van der Waals surface area contributed by atoms with Crippen LogP contribution in [0.2, 0.25) is 0 Å². The van der Waals surface area contributed by atoms with Crippen molar-refractivity contribution >= 4 is 28.3 Å². The summed E-state index contributed by atoms with van der Waals surface area (Å²) < 4.78 is 5.72. The fourth-order valence-electron chi connectivity index (χ4n) is 3.13. The van der Waals surface area contributed by atoms with E-state index in [1.165, 1.54) is 12.1 Å². The number of benzene rings is 2. The summed E-state index contributed by atoms with van der Waals surface area (Å²) in [5.41, 5.74) is 0.171. The quantitative estimate of drug-likeness (QED) is 0.467. The number of aromatic nitrogens is 2. The van der Waals surface area contributed by atoms with E-state index in [0.717, 1.165) is 5.56 Å². The standard InChI is InChI=1S/C23H26N4O5/c1-13(32-15-8-5-7-14(11-15)23(2,3)4)20(29)24-12-18(28)25-17-10-6-9-16-19(17)22(31)27-26-21(16)30/h5-11,13H,12H2,1-4H3,(H,24,29)(H,25,28)(H,26,30)(H,27,31). The van der Waals surface area contributed by atoms with Crippen LogP contribution in [0.15, 0.2) is 52.1 Å². The van der Waals surface area contributed by atoms with Gasteiger partial charge < -0.3 is 15.4 Å². The lowest BCUT2D eigenvalue weighted by Gasteiger charge is -2.21. The zero-order valence-corrected chi connectivity index (χ0v) is 18.4. The van der Waals surface area contributed by atoms with Gasteiger partial charge in [0, 0.05) is 0 Å². The van der Waals surface area contributed by atoms with Crippen molar-refractivity contribution in [3.63, 3.8) is 0 Å². The van der Waals surface area contributed by atoms with Crippen molar-refractivity contribution in [1.29, 1.82) is 0 Å². The number of hydrogen-bond donors (Lipinski definition) is 4. The van der Waals surface area contributed by atoms with E-state index in [1.807, 2.05) is 18.2 Å². The third kappa shape index (κ3) is 5.23. The summed E-state index contributed by atoms with van der Waals surface area (Å²) in [5, 5.41) is 9.73. The molecule has 3 aromatic rings. The number of nitrogens with one attached hydrogen (secondary N) is 4. The first-order valence-electron chi connectivity index (χ1n) is 10.1. The van der Waals surface area contributed by atoms with Gasteiger partial charge in [-0.2, -0.15) is 0 Å². The number of rotatable bonds is 6. The van der Waals surface area contributed by atoms with E-state index in [9.17, 15) is 19.2 Å². The molecule has 1 heterocycles. The molecule has 0 aliphatic rings. The van der Waals surface area contributed by atoms with Gasteiger partial charge in [0.05, 0.1) is 23.0 Å². The molecule has 0 aliphatic carbocycles. The third-order valence-electron chi connectivity index (χ3n) is 4.91. The van der Waals surface area contributed by atoms with Gasteiger partial charge in [0.25, 0.3) is 17.0 Å². The lowest BCUT2D eigenvalue weighted by molar-refractivity contribution is -0.129. The maximum absolute atomic E-state index is 12.4. The highest BCUT2D eigenvalue weighted by molar-refractivity contribution is 6.02. The average Bonchev–Trinajstić information content (AvgIpc) is 2.74. The van der Waals surface area contributed by atoms with Crippen molar-refractivity contribution in [3.05, 3.63) is 68.7 Å². The highest BCUT2D eigenvalue weighted by Crippen LogP contribution is 2.26. The highest BCUT2D eigenvalue weighted by Gasteiger charge is 2.18. The summed E-state index contributed by atoms with van der Waals surface area (Å²) in [7, 11) is 0. The van der Waals surface area contributed by atoms with Crippen LogP contribution in [-0.4, -0.2) is 34.7 Å². The maximum Gasteiger partial charge on any atom is 0.272 e. The van der Waals surface area contributed by atoms with Crippen molar-refractivity contribution in [2.24, 2.45) is 0 Å². The van der Waals surface area contributed by atoms with Gasteiger partial charge in [-0.05, 0) is 42.2 Å². The predicted molar refractivity (Wildman–Crippen MR) is 122 cm³/mol. The second kappa shape index (κ2) is 9.09. The van der Waals surface area contributed by atoms with Crippen LogP contribution in [0.5, 0.6) is 5.75 Å². The Morgan fingerprint density at radius 1 is 1.03 bits per heavy atom. The first-order chi connectivity index (χ1) is 15.1. The second-order valence-electron chi connectivity index (χ2n) is 8.44. The summed E-state index contributed by atoms with van der Waals surface area (Å²) >= 11 is 0. The first kappa shape index (κ1) is 22.8. The van der Waals surface area contributed by atoms with E-state index in [2.05, 4.69) is 41.6 Å². The largest absolute Gasteiger partial charge is 0.481 e. The minimum Gasteiger partial charge on any atom is -0.481 e. The molecule has 2 aromatic carbocycles. The molecule has 1 aromatic heterocycles. The molecule has 0 spiro atoms. The Hall–Kier alpha value is -3.88. The van der Waals surface area contributed by atoms with E-state index in [1.54, 1.807) is 19.1 Å². The zero-order chi connectivity index (χ0) is 23.5. The van der Waals surface area contributed by atoms with E-state index in [0.29, 0.717) is 5.75 Å². The zero-order valence-electron chi connectivity index (χ0n) is 18.4. The molecule has 9 nitrogen and oxygen atoms in total. The van der Waals surface area contributed by atoms with E-state index in [4.69, 9.17) is 4.74 Å². The second-order valence-corrected chi connectivity index (χ2v) is 8.44. The summed E-state index contributed by atoms with van der Waals surface area (Å²) in [6.45, 7) is 7.52. The molecule has 0 saturated heterocycles. The van der Waals surface area contributed by atoms with Gasteiger partial charge in [-0.15, -0.1) is 0 Å². The fraction of sp³-hybridized carbons (Fsp3) is 0.304. The number of anilines is 1. The van der Waals surface area contributed by atoms with Crippen molar-refractivity contribution in [3.8, 4) is 5.75 Å². The van der Waals surface area contributed by atoms with Gasteiger partial charge in [-0.3, -0.25) is 29.4 Å². The summed E-state index contributed by atoms with van der Waals surface area (Å²) in [6.07, 6.45) is -0.822. The van der Waals surface area contributed by atoms with Crippen LogP contribution in [0.25, 0.3) is 10.8 Å².